The number of carbonyl (C=O) groups is 1. The van der Waals surface area contributed by atoms with Crippen molar-refractivity contribution in [3.05, 3.63) is 39.6 Å². The minimum atomic E-state index is -1.16. The van der Waals surface area contributed by atoms with Gasteiger partial charge in [-0.25, -0.2) is 4.79 Å². The van der Waals surface area contributed by atoms with Gasteiger partial charge in [-0.15, -0.1) is 0 Å². The van der Waals surface area contributed by atoms with Gasteiger partial charge < -0.3 is 9.63 Å². The molecule has 0 saturated carbocycles. The summed E-state index contributed by atoms with van der Waals surface area (Å²) in [5, 5.41) is 13.5. The van der Waals surface area contributed by atoms with Gasteiger partial charge in [-0.3, -0.25) is 0 Å². The Labute approximate surface area is 107 Å². The van der Waals surface area contributed by atoms with Crippen molar-refractivity contribution in [3.8, 4) is 11.3 Å². The van der Waals surface area contributed by atoms with Crippen LogP contribution in [0.15, 0.2) is 22.7 Å². The molecule has 0 saturated heterocycles. The third-order valence-electron chi connectivity index (χ3n) is 2.30. The number of rotatable bonds is 2. The Kier molecular flexibility index (Phi) is 3.09. The van der Waals surface area contributed by atoms with Crippen LogP contribution in [0.4, 0.5) is 0 Å². The van der Waals surface area contributed by atoms with Gasteiger partial charge in [0.1, 0.15) is 5.69 Å². The highest BCUT2D eigenvalue weighted by atomic mass is 35.5. The van der Waals surface area contributed by atoms with Gasteiger partial charge in [0.2, 0.25) is 5.76 Å². The van der Waals surface area contributed by atoms with Crippen molar-refractivity contribution >= 4 is 29.2 Å². The van der Waals surface area contributed by atoms with Crippen molar-refractivity contribution in [2.24, 2.45) is 0 Å². The summed E-state index contributed by atoms with van der Waals surface area (Å²) in [7, 11) is 0. The monoisotopic (exact) mass is 271 g/mol. The maximum absolute atomic E-state index is 10.8. The van der Waals surface area contributed by atoms with Crippen molar-refractivity contribution in [1.29, 1.82) is 0 Å². The number of halogens is 2. The molecule has 0 atom stereocenters. The smallest absolute Gasteiger partial charge is 0.375 e. The van der Waals surface area contributed by atoms with E-state index < -0.39 is 5.97 Å². The summed E-state index contributed by atoms with van der Waals surface area (Å²) < 4.78 is 4.76. The quantitative estimate of drug-likeness (QED) is 0.906. The molecule has 2 rings (SSSR count). The fourth-order valence-corrected chi connectivity index (χ4v) is 1.97. The second-order valence-corrected chi connectivity index (χ2v) is 4.26. The second-order valence-electron chi connectivity index (χ2n) is 3.41. The van der Waals surface area contributed by atoms with E-state index in [2.05, 4.69) is 5.16 Å². The van der Waals surface area contributed by atoms with Gasteiger partial charge in [0, 0.05) is 16.1 Å². The van der Waals surface area contributed by atoms with Gasteiger partial charge in [-0.1, -0.05) is 28.4 Å². The summed E-state index contributed by atoms with van der Waals surface area (Å²) in [6, 6.07) is 4.88. The Morgan fingerprint density at radius 3 is 2.65 bits per heavy atom. The zero-order valence-corrected chi connectivity index (χ0v) is 10.2. The van der Waals surface area contributed by atoms with Crippen LogP contribution in [-0.2, 0) is 0 Å². The zero-order valence-electron chi connectivity index (χ0n) is 8.70. The van der Waals surface area contributed by atoms with Crippen molar-refractivity contribution in [1.82, 2.24) is 5.16 Å². The summed E-state index contributed by atoms with van der Waals surface area (Å²) >= 11 is 11.8. The lowest BCUT2D eigenvalue weighted by molar-refractivity contribution is 0.0651. The molecule has 0 aliphatic carbocycles. The van der Waals surface area contributed by atoms with Crippen LogP contribution in [0, 0.1) is 6.92 Å². The van der Waals surface area contributed by atoms with Gasteiger partial charge in [0.15, 0.2) is 0 Å². The first kappa shape index (κ1) is 12.0. The number of hydrogen-bond donors (Lipinski definition) is 1. The van der Waals surface area contributed by atoms with Crippen LogP contribution in [0.5, 0.6) is 0 Å². The molecule has 0 unspecified atom stereocenters. The van der Waals surface area contributed by atoms with Gasteiger partial charge in [-0.05, 0) is 25.1 Å². The highest BCUT2D eigenvalue weighted by Crippen LogP contribution is 2.32. The Morgan fingerprint density at radius 1 is 1.41 bits per heavy atom. The number of benzene rings is 1. The fourth-order valence-electron chi connectivity index (χ4n) is 1.47. The van der Waals surface area contributed by atoms with Crippen LogP contribution in [-0.4, -0.2) is 16.2 Å². The Hall–Kier alpha value is -1.52. The number of aromatic carboxylic acids is 1. The summed E-state index contributed by atoms with van der Waals surface area (Å²) in [6.45, 7) is 1.61. The van der Waals surface area contributed by atoms with E-state index >= 15 is 0 Å². The van der Waals surface area contributed by atoms with Crippen LogP contribution < -0.4 is 0 Å². The van der Waals surface area contributed by atoms with Crippen molar-refractivity contribution in [3.63, 3.8) is 0 Å². The molecule has 1 aromatic carbocycles. The summed E-state index contributed by atoms with van der Waals surface area (Å²) in [5.41, 5.74) is 1.43. The largest absolute Gasteiger partial charge is 0.475 e. The molecule has 0 radical (unpaired) electrons. The van der Waals surface area contributed by atoms with Crippen molar-refractivity contribution in [2.45, 2.75) is 6.92 Å². The molecule has 1 N–H and O–H groups in total. The summed E-state index contributed by atoms with van der Waals surface area (Å²) in [5.74, 6) is -1.35. The molecule has 1 aromatic heterocycles. The van der Waals surface area contributed by atoms with E-state index in [1.165, 1.54) is 0 Å². The molecular weight excluding hydrogens is 265 g/mol. The third kappa shape index (κ3) is 2.14. The van der Waals surface area contributed by atoms with Crippen LogP contribution >= 0.6 is 23.2 Å². The fraction of sp³-hybridized carbons (Fsp3) is 0.0909. The van der Waals surface area contributed by atoms with Gasteiger partial charge in [0.05, 0.1) is 5.02 Å². The molecule has 0 amide bonds. The predicted molar refractivity (Wildman–Crippen MR) is 63.7 cm³/mol. The van der Waals surface area contributed by atoms with Gasteiger partial charge in [-0.2, -0.15) is 0 Å². The Bertz CT molecular complexity index is 592. The average molecular weight is 272 g/mol. The normalized spacial score (nSPS) is 10.5. The Balaban J connectivity index is 2.57. The van der Waals surface area contributed by atoms with E-state index in [0.29, 0.717) is 26.9 Å². The highest BCUT2D eigenvalue weighted by molar-refractivity contribution is 6.36. The first-order valence-electron chi connectivity index (χ1n) is 4.65. The number of aromatic nitrogens is 1. The topological polar surface area (TPSA) is 63.3 Å². The maximum Gasteiger partial charge on any atom is 0.375 e. The lowest BCUT2D eigenvalue weighted by atomic mass is 10.1. The van der Waals surface area contributed by atoms with E-state index in [4.69, 9.17) is 32.8 Å². The minimum Gasteiger partial charge on any atom is -0.475 e. The molecular formula is C11H7Cl2NO3. The number of hydrogen-bond acceptors (Lipinski definition) is 3. The summed E-state index contributed by atoms with van der Waals surface area (Å²) in [6.07, 6.45) is 0. The van der Waals surface area contributed by atoms with E-state index in [-0.39, 0.29) is 5.76 Å². The Morgan fingerprint density at radius 2 is 2.12 bits per heavy atom. The standard InChI is InChI=1S/C11H7Cl2NO3/c1-5-9(14-17-10(5)11(15)16)7-3-2-6(12)4-8(7)13/h2-4H,1H3,(H,15,16). The molecule has 88 valence electrons. The molecule has 0 fully saturated rings. The first-order chi connectivity index (χ1) is 8.00. The SMILES string of the molecule is Cc1c(-c2ccc(Cl)cc2Cl)noc1C(=O)O. The minimum absolute atomic E-state index is 0.189. The van der Waals surface area contributed by atoms with Crippen LogP contribution in [0.2, 0.25) is 10.0 Å². The van der Waals surface area contributed by atoms with E-state index in [1.807, 2.05) is 0 Å². The number of carboxylic acid groups (broad SMARTS) is 1. The van der Waals surface area contributed by atoms with Crippen LogP contribution in [0.1, 0.15) is 16.1 Å². The average Bonchev–Trinajstić information content (AvgIpc) is 2.60. The van der Waals surface area contributed by atoms with E-state index in [1.54, 1.807) is 25.1 Å². The molecule has 2 aromatic rings. The lowest BCUT2D eigenvalue weighted by Crippen LogP contribution is -1.95. The van der Waals surface area contributed by atoms with Gasteiger partial charge >= 0.3 is 5.97 Å². The van der Waals surface area contributed by atoms with Crippen LogP contribution in [0.25, 0.3) is 11.3 Å². The molecule has 6 heteroatoms. The molecule has 4 nitrogen and oxygen atoms in total. The molecule has 0 aliphatic heterocycles. The third-order valence-corrected chi connectivity index (χ3v) is 2.85. The molecule has 0 spiro atoms. The highest BCUT2D eigenvalue weighted by Gasteiger charge is 2.20. The summed E-state index contributed by atoms with van der Waals surface area (Å²) in [4.78, 5) is 10.8. The molecule has 17 heavy (non-hydrogen) atoms. The van der Waals surface area contributed by atoms with Gasteiger partial charge in [0.25, 0.3) is 0 Å². The number of nitrogens with zero attached hydrogens (tertiary/aromatic N) is 1. The second kappa shape index (κ2) is 4.39. The van der Waals surface area contributed by atoms with E-state index in [9.17, 15) is 4.79 Å². The zero-order chi connectivity index (χ0) is 12.6. The number of carboxylic acids is 1. The lowest BCUT2D eigenvalue weighted by Gasteiger charge is -2.01. The first-order valence-corrected chi connectivity index (χ1v) is 5.41. The molecule has 0 aliphatic rings. The predicted octanol–water partition coefficient (Wildman–Crippen LogP) is 3.66. The molecule has 0 bridgehead atoms. The molecule has 1 heterocycles. The maximum atomic E-state index is 10.8. The van der Waals surface area contributed by atoms with Crippen molar-refractivity contribution < 1.29 is 14.4 Å². The van der Waals surface area contributed by atoms with E-state index in [0.717, 1.165) is 0 Å². The van der Waals surface area contributed by atoms with Crippen molar-refractivity contribution in [2.75, 3.05) is 0 Å². The van der Waals surface area contributed by atoms with Crippen LogP contribution in [0.3, 0.4) is 0 Å².